The Kier molecular flexibility index (Phi) is 18.0. The number of rotatable bonds is 13. The van der Waals surface area contributed by atoms with Crippen molar-refractivity contribution >= 4 is 29.9 Å². The molecule has 1 aliphatic rings. The van der Waals surface area contributed by atoms with Gasteiger partial charge < -0.3 is 24.9 Å². The minimum absolute atomic E-state index is 0. The Bertz CT molecular complexity index is 2020. The topological polar surface area (TPSA) is 137 Å². The van der Waals surface area contributed by atoms with Crippen LogP contribution >= 0.6 is 0 Å². The molecule has 1 aliphatic carbocycles. The van der Waals surface area contributed by atoms with E-state index in [4.69, 9.17) is 9.72 Å². The number of aromatic nitrogens is 1. The van der Waals surface area contributed by atoms with Crippen LogP contribution < -0.4 is 34.7 Å². The van der Waals surface area contributed by atoms with Gasteiger partial charge in [0.05, 0.1) is 30.2 Å². The summed E-state index contributed by atoms with van der Waals surface area (Å²) in [6.07, 6.45) is 4.71. The first kappa shape index (κ1) is 46.1. The van der Waals surface area contributed by atoms with Crippen molar-refractivity contribution in [1.29, 1.82) is 0 Å². The number of nitrogens with zero attached hydrogens (tertiary/aromatic N) is 1. The van der Waals surface area contributed by atoms with Gasteiger partial charge in [-0.15, -0.1) is 0 Å². The summed E-state index contributed by atoms with van der Waals surface area (Å²) in [5, 5.41) is 31.2. The Morgan fingerprint density at radius 2 is 1.61 bits per heavy atom. The van der Waals surface area contributed by atoms with Crippen LogP contribution in [0.3, 0.4) is 0 Å². The molecule has 4 aromatic rings. The smallest absolute Gasteiger partial charge is 0.550 e. The average molecular weight is 772 g/mol. The summed E-state index contributed by atoms with van der Waals surface area (Å²) in [6, 6.07) is 22.4. The number of Topliss-reactive ketones (excluding diaryl/α,β-unsaturated/α-hetero) is 1. The molecule has 0 spiro atoms. The molecule has 0 amide bonds. The van der Waals surface area contributed by atoms with Gasteiger partial charge in [0.2, 0.25) is 0 Å². The van der Waals surface area contributed by atoms with Crippen LogP contribution in [0.5, 0.6) is 0 Å². The second-order valence-electron chi connectivity index (χ2n) is 14.4. The van der Waals surface area contributed by atoms with Crippen LogP contribution in [0.2, 0.25) is 0 Å². The first-order chi connectivity index (χ1) is 26.2. The van der Waals surface area contributed by atoms with Crippen molar-refractivity contribution in [2.24, 2.45) is 5.92 Å². The molecule has 0 saturated heterocycles. The Morgan fingerprint density at radius 1 is 0.946 bits per heavy atom. The Balaban J connectivity index is 0.000000357. The van der Waals surface area contributed by atoms with Crippen molar-refractivity contribution < 1.29 is 68.4 Å². The molecular weight excluding hydrogens is 720 g/mol. The van der Waals surface area contributed by atoms with Crippen molar-refractivity contribution in [3.63, 3.8) is 0 Å². The van der Waals surface area contributed by atoms with E-state index in [0.29, 0.717) is 0 Å². The van der Waals surface area contributed by atoms with Gasteiger partial charge in [-0.3, -0.25) is 9.78 Å². The van der Waals surface area contributed by atoms with E-state index < -0.39 is 30.6 Å². The van der Waals surface area contributed by atoms with Crippen molar-refractivity contribution in [2.75, 3.05) is 6.61 Å². The van der Waals surface area contributed by atoms with Gasteiger partial charge in [0.15, 0.2) is 5.78 Å². The maximum absolute atomic E-state index is 13.8. The molecule has 56 heavy (non-hydrogen) atoms. The number of ketones is 1. The van der Waals surface area contributed by atoms with Gasteiger partial charge >= 0.3 is 35.5 Å². The number of aryl methyl sites for hydroxylation is 2. The molecule has 0 saturated carbocycles. The van der Waals surface area contributed by atoms with Gasteiger partial charge in [0.25, 0.3) is 0 Å². The summed E-state index contributed by atoms with van der Waals surface area (Å²) in [5.41, 5.74) is 9.96. The van der Waals surface area contributed by atoms with Gasteiger partial charge in [-0.05, 0) is 85.1 Å². The van der Waals surface area contributed by atoms with Crippen LogP contribution in [0.4, 0.5) is 4.39 Å². The average Bonchev–Trinajstić information content (AvgIpc) is 3.32. The van der Waals surface area contributed by atoms with E-state index in [1.807, 2.05) is 43.3 Å². The van der Waals surface area contributed by atoms with Crippen molar-refractivity contribution in [3.05, 3.63) is 124 Å². The largest absolute Gasteiger partial charge is 1.00 e. The number of pyridine rings is 1. The number of hydrogen-bond acceptors (Lipinski definition) is 8. The zero-order chi connectivity index (χ0) is 40.2. The van der Waals surface area contributed by atoms with Crippen molar-refractivity contribution in [3.8, 4) is 22.4 Å². The number of aliphatic hydroxyl groups is 2. The third-order valence-electron chi connectivity index (χ3n) is 9.26. The molecule has 0 aliphatic heterocycles. The van der Waals surface area contributed by atoms with E-state index >= 15 is 0 Å². The minimum atomic E-state index is -1.37. The molecule has 0 unspecified atom stereocenters. The second kappa shape index (κ2) is 21.9. The molecule has 8 nitrogen and oxygen atoms in total. The Hall–Kier alpha value is -4.25. The first-order valence-electron chi connectivity index (χ1n) is 18.8. The van der Waals surface area contributed by atoms with Crippen molar-refractivity contribution in [2.45, 2.75) is 91.8 Å². The fourth-order valence-electron chi connectivity index (χ4n) is 6.52. The first-order valence-corrected chi connectivity index (χ1v) is 18.8. The van der Waals surface area contributed by atoms with Gasteiger partial charge in [-0.2, -0.15) is 0 Å². The molecule has 2 atom stereocenters. The van der Waals surface area contributed by atoms with Crippen LogP contribution in [0.1, 0.15) is 93.3 Å². The number of aliphatic hydroxyl groups excluding tert-OH is 2. The van der Waals surface area contributed by atoms with E-state index in [1.165, 1.54) is 17.7 Å². The number of fused-ring (bicyclic) bond motifs is 3. The number of esters is 1. The van der Waals surface area contributed by atoms with Gasteiger partial charge in [-0.25, -0.2) is 9.18 Å². The summed E-state index contributed by atoms with van der Waals surface area (Å²) in [7, 11) is 0. The SMILES string of the molecule is CC(C)c1nc2c(c(-c3ccc(F)cc3)c1/C=C/[C@@H](O)C[C@@H](O)CC(=O)[O-])CCCc1ccccc1-2.CCOC(=O)C(=Cc1ccc(C)cc1)C(=O)C(C)C.[Na+]. The molecule has 290 valence electrons. The van der Waals surface area contributed by atoms with Gasteiger partial charge in [0, 0.05) is 35.9 Å². The molecule has 0 bridgehead atoms. The number of halogens is 1. The molecule has 0 fully saturated rings. The summed E-state index contributed by atoms with van der Waals surface area (Å²) in [5.74, 6) is -2.61. The zero-order valence-corrected chi connectivity index (χ0v) is 35.5. The Labute approximate surface area is 351 Å². The molecular formula is C46H51FNNaO7. The third-order valence-corrected chi connectivity index (χ3v) is 9.26. The predicted molar refractivity (Wildman–Crippen MR) is 212 cm³/mol. The second-order valence-corrected chi connectivity index (χ2v) is 14.4. The Morgan fingerprint density at radius 3 is 2.21 bits per heavy atom. The quantitative estimate of drug-likeness (QED) is 0.0662. The van der Waals surface area contributed by atoms with Crippen LogP contribution in [0.15, 0.2) is 84.4 Å². The van der Waals surface area contributed by atoms with Gasteiger partial charge in [0.1, 0.15) is 11.4 Å². The number of hydrogen-bond donors (Lipinski definition) is 2. The fraction of sp³-hybridized carbons (Fsp3) is 0.348. The summed E-state index contributed by atoms with van der Waals surface area (Å²) >= 11 is 0. The number of carbonyl (C=O) groups excluding carboxylic acids is 3. The maximum Gasteiger partial charge on any atom is 1.00 e. The third kappa shape index (κ3) is 12.6. The van der Waals surface area contributed by atoms with Crippen LogP contribution in [0.25, 0.3) is 34.5 Å². The normalized spacial score (nSPS) is 13.4. The maximum atomic E-state index is 13.8. The van der Waals surface area contributed by atoms with E-state index in [2.05, 4.69) is 26.0 Å². The predicted octanol–water partition coefficient (Wildman–Crippen LogP) is 4.60. The number of carbonyl (C=O) groups is 3. The number of aliphatic carboxylic acids is 1. The van der Waals surface area contributed by atoms with E-state index in [0.717, 1.165) is 69.6 Å². The molecule has 1 aromatic heterocycles. The number of benzene rings is 3. The molecule has 5 rings (SSSR count). The van der Waals surface area contributed by atoms with E-state index in [-0.39, 0.29) is 71.6 Å². The summed E-state index contributed by atoms with van der Waals surface area (Å²) in [4.78, 5) is 39.8. The van der Waals surface area contributed by atoms with Crippen molar-refractivity contribution in [1.82, 2.24) is 4.98 Å². The number of ether oxygens (including phenoxy) is 1. The number of carboxylic acid groups (broad SMARTS) is 1. The molecule has 2 N–H and O–H groups in total. The standard InChI is InChI=1S/C30H32FNO4.C16H20O3.Na/c1-18(2)29-26(15-14-22(33)16-23(34)17-27(35)36)28(20-10-12-21(31)13-11-20)25-9-5-7-19-6-3-4-8-24(19)30(25)32-29;1-5-19-16(18)14(15(17)11(2)3)10-13-8-6-12(4)7-9-13;/h3-4,6,8,10-15,18,22-23,33-34H,5,7,9,16-17H2,1-2H3,(H,35,36);6-11H,5H2,1-4H3;/q;;+1/p-1/b15-14+;;/t22-,23-;;/m1../s1. The zero-order valence-electron chi connectivity index (χ0n) is 33.5. The molecule has 0 radical (unpaired) electrons. The van der Waals surface area contributed by atoms with Crippen LogP contribution in [-0.2, 0) is 32.0 Å². The molecule has 10 heteroatoms. The monoisotopic (exact) mass is 771 g/mol. The summed E-state index contributed by atoms with van der Waals surface area (Å²) < 4.78 is 18.8. The molecule has 3 aromatic carbocycles. The van der Waals surface area contributed by atoms with Crippen LogP contribution in [0, 0.1) is 18.7 Å². The molecule has 1 heterocycles. The van der Waals surface area contributed by atoms with E-state index in [1.54, 1.807) is 51.1 Å². The minimum Gasteiger partial charge on any atom is -0.550 e. The van der Waals surface area contributed by atoms with E-state index in [9.17, 15) is 34.1 Å². The fourth-order valence-corrected chi connectivity index (χ4v) is 6.52. The van der Waals surface area contributed by atoms with Crippen LogP contribution in [-0.4, -0.2) is 51.7 Å². The van der Waals surface area contributed by atoms with Gasteiger partial charge in [-0.1, -0.05) is 106 Å². The summed E-state index contributed by atoms with van der Waals surface area (Å²) in [6.45, 7) is 11.6. The number of carboxylic acids is 1.